The molecule has 0 aromatic heterocycles. The highest BCUT2D eigenvalue weighted by Gasteiger charge is 2.31. The van der Waals surface area contributed by atoms with E-state index in [1.165, 1.54) is 14.0 Å². The molecule has 2 unspecified atom stereocenters. The summed E-state index contributed by atoms with van der Waals surface area (Å²) < 4.78 is 4.60. The lowest BCUT2D eigenvalue weighted by Gasteiger charge is -2.14. The minimum absolute atomic E-state index is 0.379. The smallest absolute Gasteiger partial charge is 0.367 e. The third-order valence-electron chi connectivity index (χ3n) is 3.89. The summed E-state index contributed by atoms with van der Waals surface area (Å²) in [5.74, 6) is 4.91. The Balaban J connectivity index is 2.08. The van der Waals surface area contributed by atoms with Gasteiger partial charge in [-0.25, -0.2) is 9.59 Å². The van der Waals surface area contributed by atoms with Crippen LogP contribution in [0.5, 0.6) is 0 Å². The zero-order valence-corrected chi connectivity index (χ0v) is 15.0. The number of aliphatic hydroxyl groups excluding tert-OH is 1. The number of aldehydes is 1. The summed E-state index contributed by atoms with van der Waals surface area (Å²) in [6.07, 6.45) is -0.260. The van der Waals surface area contributed by atoms with Gasteiger partial charge in [-0.2, -0.15) is 0 Å². The number of ether oxygens (including phenoxy) is 1. The minimum atomic E-state index is -1.03. The molecule has 1 amide bonds. The highest BCUT2D eigenvalue weighted by atomic mass is 16.5. The van der Waals surface area contributed by atoms with Gasteiger partial charge in [0.2, 0.25) is 6.04 Å². The van der Waals surface area contributed by atoms with Gasteiger partial charge in [0, 0.05) is 16.7 Å². The second-order valence-corrected chi connectivity index (χ2v) is 5.89. The Morgan fingerprint density at radius 3 is 2.00 bits per heavy atom. The molecule has 0 radical (unpaired) electrons. The fourth-order valence-electron chi connectivity index (χ4n) is 2.31. The summed E-state index contributed by atoms with van der Waals surface area (Å²) in [7, 11) is 1.20. The normalized spacial score (nSPS) is 12.3. The van der Waals surface area contributed by atoms with Gasteiger partial charge in [0.05, 0.1) is 12.7 Å². The molecule has 3 N–H and O–H groups in total. The van der Waals surface area contributed by atoms with Gasteiger partial charge in [-0.1, -0.05) is 24.0 Å². The molecule has 0 fully saturated rings. The molecule has 2 atom stereocenters. The Bertz CT molecular complexity index is 874. The van der Waals surface area contributed by atoms with Crippen molar-refractivity contribution in [1.82, 2.24) is 0 Å². The Morgan fingerprint density at radius 1 is 1.04 bits per heavy atom. The molecule has 0 aliphatic rings. The quantitative estimate of drug-likeness (QED) is 0.457. The highest BCUT2D eigenvalue weighted by Crippen LogP contribution is 2.05. The zero-order valence-electron chi connectivity index (χ0n) is 15.0. The van der Waals surface area contributed by atoms with E-state index in [0.717, 1.165) is 17.2 Å². The summed E-state index contributed by atoms with van der Waals surface area (Å²) in [6.45, 7) is 1.42. The van der Waals surface area contributed by atoms with E-state index in [-0.39, 0.29) is 5.91 Å². The molecule has 27 heavy (non-hydrogen) atoms. The first-order valence-electron chi connectivity index (χ1n) is 8.27. The number of hydrogen-bond acceptors (Lipinski definition) is 5. The van der Waals surface area contributed by atoms with Crippen LogP contribution in [0.25, 0.3) is 0 Å². The van der Waals surface area contributed by atoms with Crippen molar-refractivity contribution in [3.8, 4) is 11.8 Å². The van der Waals surface area contributed by atoms with Crippen molar-refractivity contribution in [3.05, 3.63) is 70.8 Å². The molecule has 138 valence electrons. The first-order chi connectivity index (χ1) is 12.9. The third kappa shape index (κ3) is 5.61. The zero-order chi connectivity index (χ0) is 19.8. The summed E-state index contributed by atoms with van der Waals surface area (Å²) in [5, 5.41) is 10.8. The highest BCUT2D eigenvalue weighted by molar-refractivity contribution is 5.88. The Kier molecular flexibility index (Phi) is 7.00. The lowest BCUT2D eigenvalue weighted by atomic mass is 10.1. The van der Waals surface area contributed by atoms with Crippen molar-refractivity contribution in [2.45, 2.75) is 19.1 Å². The summed E-state index contributed by atoms with van der Waals surface area (Å²) in [5.41, 5.74) is 2.45. The van der Waals surface area contributed by atoms with Gasteiger partial charge < -0.3 is 9.84 Å². The average Bonchev–Trinajstić information content (AvgIpc) is 2.70. The Labute approximate surface area is 157 Å². The number of carbonyl (C=O) groups excluding carboxylic acids is 3. The molecule has 0 bridgehead atoms. The number of amides is 1. The van der Waals surface area contributed by atoms with Crippen molar-refractivity contribution in [2.24, 2.45) is 0 Å². The molecule has 0 spiro atoms. The van der Waals surface area contributed by atoms with Gasteiger partial charge in [0.15, 0.2) is 0 Å². The fourth-order valence-corrected chi connectivity index (χ4v) is 2.31. The molecule has 6 heteroatoms. The van der Waals surface area contributed by atoms with Crippen LogP contribution in [0.15, 0.2) is 48.5 Å². The maximum atomic E-state index is 12.3. The number of methoxy groups -OCH3 is 1. The second kappa shape index (κ2) is 9.43. The van der Waals surface area contributed by atoms with Gasteiger partial charge in [0.25, 0.3) is 0 Å². The first-order valence-corrected chi connectivity index (χ1v) is 8.27. The van der Waals surface area contributed by atoms with E-state index >= 15 is 0 Å². The number of rotatable bonds is 5. The van der Waals surface area contributed by atoms with Gasteiger partial charge in [0.1, 0.15) is 12.4 Å². The van der Waals surface area contributed by atoms with E-state index < -0.39 is 18.1 Å². The van der Waals surface area contributed by atoms with Gasteiger partial charge in [-0.15, -0.1) is 0 Å². The molecule has 0 heterocycles. The molecular weight excluding hydrogens is 346 g/mol. The van der Waals surface area contributed by atoms with Gasteiger partial charge in [-0.3, -0.25) is 10.1 Å². The van der Waals surface area contributed by atoms with Crippen LogP contribution in [0.4, 0.5) is 0 Å². The molecule has 0 saturated heterocycles. The van der Waals surface area contributed by atoms with Crippen LogP contribution < -0.4 is 5.32 Å². The average molecular weight is 366 g/mol. The lowest BCUT2D eigenvalue weighted by Crippen LogP contribution is -2.97. The van der Waals surface area contributed by atoms with Crippen molar-refractivity contribution >= 4 is 18.2 Å². The van der Waals surface area contributed by atoms with E-state index in [4.69, 9.17) is 0 Å². The SMILES string of the molecule is COC(=O)C([NH2+]C(=O)c1ccc(C#Cc2ccc(C=O)cc2)cc1)C(C)O. The minimum Gasteiger partial charge on any atom is -0.465 e. The van der Waals surface area contributed by atoms with Crippen LogP contribution >= 0.6 is 0 Å². The molecule has 0 aliphatic heterocycles. The van der Waals surface area contributed by atoms with Crippen molar-refractivity contribution in [3.63, 3.8) is 0 Å². The maximum absolute atomic E-state index is 12.3. The Hall–Kier alpha value is -3.27. The van der Waals surface area contributed by atoms with Gasteiger partial charge >= 0.3 is 11.9 Å². The predicted octanol–water partition coefficient (Wildman–Crippen LogP) is 0.525. The van der Waals surface area contributed by atoms with E-state index in [0.29, 0.717) is 16.7 Å². The summed E-state index contributed by atoms with van der Waals surface area (Å²) in [4.78, 5) is 34.6. The topological polar surface area (TPSA) is 97.3 Å². The first kappa shape index (κ1) is 20.0. The van der Waals surface area contributed by atoms with Crippen LogP contribution in [0.2, 0.25) is 0 Å². The van der Waals surface area contributed by atoms with Crippen LogP contribution in [0, 0.1) is 11.8 Å². The fraction of sp³-hybridized carbons (Fsp3) is 0.190. The van der Waals surface area contributed by atoms with Crippen molar-refractivity contribution < 1.29 is 29.5 Å². The molecule has 6 nitrogen and oxygen atoms in total. The molecule has 0 saturated carbocycles. The molecule has 2 aromatic rings. The van der Waals surface area contributed by atoms with Crippen LogP contribution in [-0.2, 0) is 9.53 Å². The monoisotopic (exact) mass is 366 g/mol. The second-order valence-electron chi connectivity index (χ2n) is 5.89. The maximum Gasteiger partial charge on any atom is 0.367 e. The Morgan fingerprint density at radius 2 is 1.56 bits per heavy atom. The van der Waals surface area contributed by atoms with Crippen LogP contribution in [-0.4, -0.2) is 42.5 Å². The van der Waals surface area contributed by atoms with E-state index in [1.807, 2.05) is 0 Å². The standard InChI is InChI=1S/C21H19NO5/c1-14(24)19(21(26)27-2)22-20(25)18-11-9-16(10-12-18)4-3-15-5-7-17(13-23)8-6-15/h5-14,19,24H,1-2H3,(H,22,25)/p+1. The lowest BCUT2D eigenvalue weighted by molar-refractivity contribution is -0.591. The molecule has 2 aromatic carbocycles. The van der Waals surface area contributed by atoms with Crippen LogP contribution in [0.1, 0.15) is 38.8 Å². The number of aliphatic hydroxyl groups is 1. The molecular formula is C21H20NO5+. The summed E-state index contributed by atoms with van der Waals surface area (Å²) >= 11 is 0. The summed E-state index contributed by atoms with van der Waals surface area (Å²) in [6, 6.07) is 12.5. The molecule has 0 aliphatic carbocycles. The van der Waals surface area contributed by atoms with Gasteiger partial charge in [-0.05, 0) is 43.3 Å². The number of quaternary nitrogens is 1. The van der Waals surface area contributed by atoms with Crippen molar-refractivity contribution in [1.29, 1.82) is 0 Å². The number of carbonyl (C=O) groups is 3. The number of hydrogen-bond donors (Lipinski definition) is 2. The predicted molar refractivity (Wildman–Crippen MR) is 98.0 cm³/mol. The third-order valence-corrected chi connectivity index (χ3v) is 3.89. The van der Waals surface area contributed by atoms with Crippen LogP contribution in [0.3, 0.4) is 0 Å². The largest absolute Gasteiger partial charge is 0.465 e. The number of esters is 1. The van der Waals surface area contributed by atoms with E-state index in [9.17, 15) is 19.5 Å². The number of benzene rings is 2. The number of nitrogens with two attached hydrogens (primary N) is 1. The molecule has 2 rings (SSSR count). The van der Waals surface area contributed by atoms with E-state index in [2.05, 4.69) is 16.6 Å². The van der Waals surface area contributed by atoms with Crippen molar-refractivity contribution in [2.75, 3.05) is 7.11 Å². The van der Waals surface area contributed by atoms with E-state index in [1.54, 1.807) is 48.5 Å². The number of primary amides is 1.